The number of hydrogen-bond acceptors (Lipinski definition) is 4. The smallest absolute Gasteiger partial charge is 0.334 e. The monoisotopic (exact) mass is 445 g/mol. The summed E-state index contributed by atoms with van der Waals surface area (Å²) in [7, 11) is 0. The number of halogens is 3. The third-order valence-electron chi connectivity index (χ3n) is 5.52. The first-order chi connectivity index (χ1) is 15.4. The van der Waals surface area contributed by atoms with Crippen LogP contribution in [0.25, 0.3) is 11.5 Å². The molecule has 0 bridgehead atoms. The van der Waals surface area contributed by atoms with Crippen LogP contribution >= 0.6 is 0 Å². The van der Waals surface area contributed by atoms with Crippen LogP contribution in [0.3, 0.4) is 0 Å². The van der Waals surface area contributed by atoms with Gasteiger partial charge in [0.15, 0.2) is 5.82 Å². The Bertz CT molecular complexity index is 967. The highest BCUT2D eigenvalue weighted by atomic mass is 19.4. The molecule has 0 spiro atoms. The van der Waals surface area contributed by atoms with Crippen molar-refractivity contribution in [3.63, 3.8) is 0 Å². The van der Waals surface area contributed by atoms with Crippen molar-refractivity contribution in [2.24, 2.45) is 5.73 Å². The van der Waals surface area contributed by atoms with E-state index in [0.29, 0.717) is 23.7 Å². The molecular weight excluding hydrogens is 415 g/mol. The quantitative estimate of drug-likeness (QED) is 0.326. The Morgan fingerprint density at radius 1 is 0.969 bits per heavy atom. The van der Waals surface area contributed by atoms with Gasteiger partial charge in [-0.1, -0.05) is 68.4 Å². The molecule has 0 aliphatic heterocycles. The van der Waals surface area contributed by atoms with Crippen LogP contribution in [-0.2, 0) is 19.0 Å². The van der Waals surface area contributed by atoms with Crippen molar-refractivity contribution in [3.8, 4) is 11.5 Å². The van der Waals surface area contributed by atoms with E-state index in [1.54, 1.807) is 6.07 Å². The summed E-state index contributed by atoms with van der Waals surface area (Å²) in [6.07, 6.45) is 4.11. The topological polar surface area (TPSA) is 64.9 Å². The molecule has 0 aliphatic carbocycles. The highest BCUT2D eigenvalue weighted by Crippen LogP contribution is 2.31. The summed E-state index contributed by atoms with van der Waals surface area (Å²) >= 11 is 0. The van der Waals surface area contributed by atoms with Crippen LogP contribution in [0, 0.1) is 0 Å². The lowest BCUT2D eigenvalue weighted by molar-refractivity contribution is -0.137. The van der Waals surface area contributed by atoms with Crippen LogP contribution in [-0.4, -0.2) is 10.1 Å². The van der Waals surface area contributed by atoms with E-state index >= 15 is 0 Å². The molecule has 172 valence electrons. The zero-order valence-corrected chi connectivity index (χ0v) is 18.4. The minimum Gasteiger partial charge on any atom is -0.334 e. The molecule has 0 radical (unpaired) electrons. The number of alkyl halides is 3. The van der Waals surface area contributed by atoms with Crippen molar-refractivity contribution in [1.82, 2.24) is 10.1 Å². The van der Waals surface area contributed by atoms with Gasteiger partial charge in [0.1, 0.15) is 0 Å². The number of nitrogens with zero attached hydrogens (tertiary/aromatic N) is 2. The van der Waals surface area contributed by atoms with Gasteiger partial charge in [-0.3, -0.25) is 0 Å². The van der Waals surface area contributed by atoms with Crippen molar-refractivity contribution >= 4 is 0 Å². The highest BCUT2D eigenvalue weighted by Gasteiger charge is 2.30. The summed E-state index contributed by atoms with van der Waals surface area (Å²) in [5.74, 6) is 1.19. The number of unbranched alkanes of at least 4 members (excludes halogenated alkanes) is 5. The molecule has 2 aromatic carbocycles. The average molecular weight is 446 g/mol. The Morgan fingerprint density at radius 3 is 2.41 bits per heavy atom. The van der Waals surface area contributed by atoms with Crippen molar-refractivity contribution in [2.45, 2.75) is 70.5 Å². The predicted octanol–water partition coefficient (Wildman–Crippen LogP) is 6.90. The first-order valence-corrected chi connectivity index (χ1v) is 11.2. The summed E-state index contributed by atoms with van der Waals surface area (Å²) in [6.45, 7) is 2.21. The van der Waals surface area contributed by atoms with Gasteiger partial charge in [-0.2, -0.15) is 18.2 Å². The number of rotatable bonds is 11. The Hall–Kier alpha value is -2.67. The highest BCUT2D eigenvalue weighted by molar-refractivity contribution is 5.53. The zero-order valence-electron chi connectivity index (χ0n) is 18.4. The third kappa shape index (κ3) is 6.92. The van der Waals surface area contributed by atoms with Gasteiger partial charge in [0.05, 0.1) is 5.56 Å². The molecule has 1 unspecified atom stereocenters. The molecule has 1 atom stereocenters. The van der Waals surface area contributed by atoms with Crippen LogP contribution in [0.15, 0.2) is 53.1 Å². The summed E-state index contributed by atoms with van der Waals surface area (Å²) in [4.78, 5) is 4.48. The molecule has 1 heterocycles. The van der Waals surface area contributed by atoms with Crippen molar-refractivity contribution < 1.29 is 17.7 Å². The fraction of sp³-hybridized carbons (Fsp3) is 0.440. The number of hydrogen-bond donors (Lipinski definition) is 1. The van der Waals surface area contributed by atoms with Crippen molar-refractivity contribution in [2.75, 3.05) is 0 Å². The van der Waals surface area contributed by atoms with Gasteiger partial charge in [-0.05, 0) is 48.2 Å². The summed E-state index contributed by atoms with van der Waals surface area (Å²) < 4.78 is 44.2. The van der Waals surface area contributed by atoms with Gasteiger partial charge < -0.3 is 10.3 Å². The van der Waals surface area contributed by atoms with E-state index in [-0.39, 0.29) is 0 Å². The largest absolute Gasteiger partial charge is 0.416 e. The standard InChI is InChI=1S/C25H30F3N3O/c1-2-3-4-5-6-7-11-23-30-24(32-31-23)19-14-12-18(13-15-19)16-22(29)20-9-8-10-21(17-20)25(26,27)28/h8-10,12-15,17,22H,2-7,11,16,29H2,1H3. The Morgan fingerprint density at radius 2 is 1.69 bits per heavy atom. The maximum Gasteiger partial charge on any atom is 0.416 e. The van der Waals surface area contributed by atoms with E-state index in [4.69, 9.17) is 10.3 Å². The lowest BCUT2D eigenvalue weighted by Gasteiger charge is -2.15. The fourth-order valence-electron chi connectivity index (χ4n) is 3.64. The molecule has 32 heavy (non-hydrogen) atoms. The van der Waals surface area contributed by atoms with E-state index in [9.17, 15) is 13.2 Å². The lowest BCUT2D eigenvalue weighted by Crippen LogP contribution is -2.15. The predicted molar refractivity (Wildman–Crippen MR) is 119 cm³/mol. The zero-order chi connectivity index (χ0) is 23.0. The number of benzene rings is 2. The van der Waals surface area contributed by atoms with Gasteiger partial charge in [-0.15, -0.1) is 0 Å². The van der Waals surface area contributed by atoms with Gasteiger partial charge in [0.25, 0.3) is 5.89 Å². The molecule has 1 aromatic heterocycles. The van der Waals surface area contributed by atoms with Crippen LogP contribution in [0.2, 0.25) is 0 Å². The van der Waals surface area contributed by atoms with E-state index in [2.05, 4.69) is 17.1 Å². The number of nitrogens with two attached hydrogens (primary N) is 1. The van der Waals surface area contributed by atoms with Gasteiger partial charge >= 0.3 is 6.18 Å². The van der Waals surface area contributed by atoms with E-state index < -0.39 is 17.8 Å². The van der Waals surface area contributed by atoms with Crippen LogP contribution in [0.5, 0.6) is 0 Å². The normalized spacial score (nSPS) is 12.8. The lowest BCUT2D eigenvalue weighted by atomic mass is 9.97. The van der Waals surface area contributed by atoms with Crippen LogP contribution in [0.4, 0.5) is 13.2 Å². The second-order valence-electron chi connectivity index (χ2n) is 8.16. The molecule has 3 rings (SSSR count). The van der Waals surface area contributed by atoms with Gasteiger partial charge in [-0.25, -0.2) is 0 Å². The fourth-order valence-corrected chi connectivity index (χ4v) is 3.64. The number of aromatic nitrogens is 2. The molecule has 0 saturated carbocycles. The van der Waals surface area contributed by atoms with Crippen molar-refractivity contribution in [1.29, 1.82) is 0 Å². The Balaban J connectivity index is 1.55. The van der Waals surface area contributed by atoms with Crippen LogP contribution < -0.4 is 5.73 Å². The van der Waals surface area contributed by atoms with E-state index in [1.807, 2.05) is 24.3 Å². The molecule has 2 N–H and O–H groups in total. The average Bonchev–Trinajstić information content (AvgIpc) is 3.25. The first-order valence-electron chi connectivity index (χ1n) is 11.2. The summed E-state index contributed by atoms with van der Waals surface area (Å²) in [6, 6.07) is 12.2. The van der Waals surface area contributed by atoms with Crippen LogP contribution in [0.1, 0.15) is 74.0 Å². The Labute approximate surface area is 187 Å². The molecule has 3 aromatic rings. The number of aryl methyl sites for hydroxylation is 1. The first kappa shape index (κ1) is 24.0. The summed E-state index contributed by atoms with van der Waals surface area (Å²) in [5, 5.41) is 4.07. The molecule has 0 amide bonds. The molecule has 0 fully saturated rings. The maximum atomic E-state index is 12.9. The Kier molecular flexibility index (Phi) is 8.45. The van der Waals surface area contributed by atoms with E-state index in [1.165, 1.54) is 38.2 Å². The van der Waals surface area contributed by atoms with Crippen molar-refractivity contribution in [3.05, 3.63) is 71.0 Å². The second-order valence-corrected chi connectivity index (χ2v) is 8.16. The SMILES string of the molecule is CCCCCCCCc1noc(-c2ccc(CC(N)c3cccc(C(F)(F)F)c3)cc2)n1. The van der Waals surface area contributed by atoms with E-state index in [0.717, 1.165) is 36.1 Å². The molecule has 0 saturated heterocycles. The third-order valence-corrected chi connectivity index (χ3v) is 5.52. The summed E-state index contributed by atoms with van der Waals surface area (Å²) in [5.41, 5.74) is 7.67. The molecular formula is C25H30F3N3O. The minimum atomic E-state index is -4.38. The molecule has 0 aliphatic rings. The second kappa shape index (κ2) is 11.3. The maximum absolute atomic E-state index is 12.9. The van der Waals surface area contributed by atoms with Gasteiger partial charge in [0, 0.05) is 18.0 Å². The minimum absolute atomic E-state index is 0.425. The van der Waals surface area contributed by atoms with Gasteiger partial charge in [0.2, 0.25) is 0 Å². The molecule has 4 nitrogen and oxygen atoms in total. The molecule has 7 heteroatoms.